The number of amides is 1. The van der Waals surface area contributed by atoms with Crippen LogP contribution in [0.3, 0.4) is 0 Å². The van der Waals surface area contributed by atoms with Crippen LogP contribution in [0.15, 0.2) is 121 Å². The molecule has 0 aromatic heterocycles. The Morgan fingerprint density at radius 1 is 0.822 bits per heavy atom. The topological polar surface area (TPSA) is 197 Å². The zero-order valence-corrected chi connectivity index (χ0v) is 29.1. The number of carboxylic acids is 1. The molecule has 2 N–H and O–H groups in total. The summed E-state index contributed by atoms with van der Waals surface area (Å²) < 4.78 is 31.7. The number of azo groups is 2. The third kappa shape index (κ3) is 8.56. The summed E-state index contributed by atoms with van der Waals surface area (Å²) in [7, 11) is -4.36. The first-order valence-corrected chi connectivity index (χ1v) is 14.0. The molecule has 16 heteroatoms. The van der Waals surface area contributed by atoms with Crippen molar-refractivity contribution in [1.82, 2.24) is 0 Å². The van der Waals surface area contributed by atoms with E-state index in [0.29, 0.717) is 22.8 Å². The monoisotopic (exact) mass is 643 g/mol. The average molecular weight is 644 g/mol. The van der Waals surface area contributed by atoms with Gasteiger partial charge >= 0.3 is 65.1 Å². The van der Waals surface area contributed by atoms with E-state index in [-0.39, 0.29) is 75.3 Å². The number of aromatic carboxylic acids is 1. The molecule has 0 radical (unpaired) electrons. The van der Waals surface area contributed by atoms with E-state index >= 15 is 0 Å². The first kappa shape index (κ1) is 35.9. The maximum absolute atomic E-state index is 12.9. The van der Waals surface area contributed by atoms with Crippen molar-refractivity contribution in [2.75, 3.05) is 5.01 Å². The van der Waals surface area contributed by atoms with E-state index in [1.165, 1.54) is 36.4 Å². The van der Waals surface area contributed by atoms with Gasteiger partial charge in [-0.25, -0.2) is 4.79 Å². The number of carbonyl (C=O) groups is 2. The molecule has 0 spiro atoms. The van der Waals surface area contributed by atoms with Crippen molar-refractivity contribution in [2.45, 2.75) is 17.9 Å². The summed E-state index contributed by atoms with van der Waals surface area (Å²) in [6, 6.07) is 22.1. The van der Waals surface area contributed by atoms with Gasteiger partial charge in [0.1, 0.15) is 0 Å². The fourth-order valence-corrected chi connectivity index (χ4v) is 4.54. The number of benzene rings is 4. The molecule has 1 atom stereocenters. The van der Waals surface area contributed by atoms with Crippen molar-refractivity contribution in [2.24, 2.45) is 25.6 Å². The Kier molecular flexibility index (Phi) is 12.1. The molecule has 13 nitrogen and oxygen atoms in total. The van der Waals surface area contributed by atoms with E-state index in [0.717, 1.165) is 22.2 Å². The molecule has 1 aliphatic rings. The van der Waals surface area contributed by atoms with Crippen LogP contribution in [0.25, 0.3) is 11.1 Å². The SMILES string of the molecule is CC1=NN(c2ccc(S(=O)(=O)O)cc2)C(=O)C1N=Nc1ccc(-c2ccc(N=Nc3ccc([O-])c(C(=O)O)c3)cc2)cc1.[Na+].[Na+]. The normalized spacial score (nSPS) is 14.7. The van der Waals surface area contributed by atoms with E-state index in [1.54, 1.807) is 31.2 Å². The van der Waals surface area contributed by atoms with Crippen molar-refractivity contribution >= 4 is 50.5 Å². The van der Waals surface area contributed by atoms with Gasteiger partial charge < -0.3 is 10.2 Å². The molecule has 1 heterocycles. The summed E-state index contributed by atoms with van der Waals surface area (Å²) in [4.78, 5) is 23.7. The first-order chi connectivity index (χ1) is 20.5. The van der Waals surface area contributed by atoms with Crippen LogP contribution in [0.4, 0.5) is 22.7 Å². The number of carbonyl (C=O) groups excluding carboxylic acids is 1. The summed E-state index contributed by atoms with van der Waals surface area (Å²) in [5, 5.41) is 42.4. The van der Waals surface area contributed by atoms with Crippen molar-refractivity contribution in [3.63, 3.8) is 0 Å². The van der Waals surface area contributed by atoms with Gasteiger partial charge in [-0.05, 0) is 78.7 Å². The summed E-state index contributed by atoms with van der Waals surface area (Å²) in [6.07, 6.45) is 0. The minimum absolute atomic E-state index is 0. The minimum Gasteiger partial charge on any atom is -0.872 e. The van der Waals surface area contributed by atoms with Crippen LogP contribution in [-0.4, -0.2) is 41.7 Å². The maximum atomic E-state index is 12.9. The van der Waals surface area contributed by atoms with E-state index < -0.39 is 33.8 Å². The van der Waals surface area contributed by atoms with E-state index in [4.69, 9.17) is 9.66 Å². The van der Waals surface area contributed by atoms with Gasteiger partial charge in [0.05, 0.1) is 38.9 Å². The summed E-state index contributed by atoms with van der Waals surface area (Å²) in [5.41, 5.74) is 3.40. The number of nitrogens with zero attached hydrogens (tertiary/aromatic N) is 6. The Morgan fingerprint density at radius 2 is 1.33 bits per heavy atom. The standard InChI is InChI=1S/C29H22N6O7S.2Na/c1-17-27(28(37)35(34-17)23-11-13-24(14-12-23)43(40,41)42)33-31-21-8-4-19(5-9-21)18-2-6-20(7-3-18)30-32-22-10-15-26(36)25(16-22)29(38)39;;/h2-16,27,36H,1H3,(H,38,39)(H,40,41,42);;/q;2*+1/p-1. The zero-order valence-electron chi connectivity index (χ0n) is 24.3. The Bertz CT molecular complexity index is 1920. The average Bonchev–Trinajstić information content (AvgIpc) is 3.28. The van der Waals surface area contributed by atoms with Crippen LogP contribution < -0.4 is 69.2 Å². The Hall–Kier alpha value is -3.60. The van der Waals surface area contributed by atoms with Gasteiger partial charge in [0, 0.05) is 0 Å². The molecule has 0 fully saturated rings. The van der Waals surface area contributed by atoms with Gasteiger partial charge in [-0.3, -0.25) is 9.35 Å². The Morgan fingerprint density at radius 3 is 1.87 bits per heavy atom. The molecule has 0 aliphatic carbocycles. The fraction of sp³-hybridized carbons (Fsp3) is 0.0690. The van der Waals surface area contributed by atoms with Crippen LogP contribution in [0, 0.1) is 0 Å². The molecule has 0 saturated carbocycles. The largest absolute Gasteiger partial charge is 1.00 e. The third-order valence-corrected chi connectivity index (χ3v) is 7.17. The second-order valence-corrected chi connectivity index (χ2v) is 10.7. The summed E-state index contributed by atoms with van der Waals surface area (Å²) in [5.74, 6) is -2.39. The number of carboxylic acid groups (broad SMARTS) is 1. The second kappa shape index (κ2) is 15.1. The molecule has 216 valence electrons. The smallest absolute Gasteiger partial charge is 0.872 e. The van der Waals surface area contributed by atoms with E-state index in [9.17, 15) is 23.1 Å². The zero-order chi connectivity index (χ0) is 30.7. The number of hydrogen-bond acceptors (Lipinski definition) is 10. The second-order valence-electron chi connectivity index (χ2n) is 9.26. The van der Waals surface area contributed by atoms with Gasteiger partial charge in [0.2, 0.25) is 0 Å². The van der Waals surface area contributed by atoms with Gasteiger partial charge in [0.15, 0.2) is 6.04 Å². The van der Waals surface area contributed by atoms with Gasteiger partial charge in [-0.15, -0.1) is 0 Å². The Balaban J connectivity index is 0.00000276. The van der Waals surface area contributed by atoms with E-state index in [1.807, 2.05) is 24.3 Å². The molecule has 0 saturated heterocycles. The summed E-state index contributed by atoms with van der Waals surface area (Å²) >= 11 is 0. The van der Waals surface area contributed by atoms with Gasteiger partial charge in [-0.2, -0.15) is 39.0 Å². The van der Waals surface area contributed by atoms with Crippen molar-refractivity contribution in [3.05, 3.63) is 96.6 Å². The number of anilines is 1. The molecule has 4 aromatic rings. The molecule has 0 bridgehead atoms. The van der Waals surface area contributed by atoms with Crippen LogP contribution in [0.1, 0.15) is 17.3 Å². The molecule has 1 amide bonds. The minimum atomic E-state index is -4.36. The van der Waals surface area contributed by atoms with Gasteiger partial charge in [-0.1, -0.05) is 36.1 Å². The molecule has 45 heavy (non-hydrogen) atoms. The molecular formula is C29H21N6Na2O7S+. The fourth-order valence-electron chi connectivity index (χ4n) is 4.06. The molecule has 4 aromatic carbocycles. The molecule has 1 aliphatic heterocycles. The maximum Gasteiger partial charge on any atom is 1.00 e. The molecule has 5 rings (SSSR count). The molecule has 1 unspecified atom stereocenters. The van der Waals surface area contributed by atoms with Gasteiger partial charge in [0.25, 0.3) is 16.0 Å². The quantitative estimate of drug-likeness (QED) is 0.149. The third-order valence-electron chi connectivity index (χ3n) is 6.31. The van der Waals surface area contributed by atoms with E-state index in [2.05, 4.69) is 25.6 Å². The van der Waals surface area contributed by atoms with Crippen LogP contribution in [0.2, 0.25) is 0 Å². The van der Waals surface area contributed by atoms with Crippen LogP contribution in [-0.2, 0) is 14.9 Å². The first-order valence-electron chi connectivity index (χ1n) is 12.5. The summed E-state index contributed by atoms with van der Waals surface area (Å²) in [6.45, 7) is 1.63. The van der Waals surface area contributed by atoms with Crippen molar-refractivity contribution in [3.8, 4) is 16.9 Å². The molecular weight excluding hydrogens is 622 g/mol. The van der Waals surface area contributed by atoms with Crippen molar-refractivity contribution in [1.29, 1.82) is 0 Å². The number of rotatable bonds is 8. The van der Waals surface area contributed by atoms with Crippen molar-refractivity contribution < 1.29 is 91.9 Å². The predicted octanol–water partition coefficient (Wildman–Crippen LogP) is -0.329. The Labute approximate surface area is 301 Å². The number of hydrogen-bond donors (Lipinski definition) is 2. The predicted molar refractivity (Wildman–Crippen MR) is 154 cm³/mol. The number of hydrazone groups is 1. The van der Waals surface area contributed by atoms with Crippen LogP contribution >= 0.6 is 0 Å². The van der Waals surface area contributed by atoms with Crippen LogP contribution in [0.5, 0.6) is 5.75 Å².